The van der Waals surface area contributed by atoms with Gasteiger partial charge in [0.15, 0.2) is 0 Å². The summed E-state index contributed by atoms with van der Waals surface area (Å²) in [6.07, 6.45) is 0.117. The lowest BCUT2D eigenvalue weighted by atomic mass is 10.4. The molecule has 0 atom stereocenters. The van der Waals surface area contributed by atoms with Gasteiger partial charge in [-0.25, -0.2) is 13.1 Å². The highest BCUT2D eigenvalue weighted by Crippen LogP contribution is 2.14. The second-order valence-corrected chi connectivity index (χ2v) is 5.96. The fraction of sp³-hybridized carbons (Fsp3) is 0.300. The summed E-state index contributed by atoms with van der Waals surface area (Å²) >= 11 is 3.23. The van der Waals surface area contributed by atoms with Crippen LogP contribution in [0.25, 0.3) is 0 Å². The number of hydrogen-bond donors (Lipinski definition) is 2. The van der Waals surface area contributed by atoms with Crippen molar-refractivity contribution in [2.24, 2.45) is 0 Å². The molecule has 1 rings (SSSR count). The lowest BCUT2D eigenvalue weighted by Crippen LogP contribution is -2.29. The Balaban J connectivity index is 2.63. The highest BCUT2D eigenvalue weighted by molar-refractivity contribution is 9.10. The van der Waals surface area contributed by atoms with E-state index in [9.17, 15) is 13.2 Å². The Bertz CT molecular complexity index is 485. The van der Waals surface area contributed by atoms with E-state index in [4.69, 9.17) is 0 Å². The molecule has 1 aromatic rings. The van der Waals surface area contributed by atoms with Crippen molar-refractivity contribution in [3.63, 3.8) is 0 Å². The van der Waals surface area contributed by atoms with Crippen molar-refractivity contribution >= 4 is 31.9 Å². The van der Waals surface area contributed by atoms with Crippen molar-refractivity contribution in [2.75, 3.05) is 13.6 Å². The zero-order valence-electron chi connectivity index (χ0n) is 9.23. The summed E-state index contributed by atoms with van der Waals surface area (Å²) in [5.41, 5.74) is 0. The molecule has 0 aliphatic carbocycles. The van der Waals surface area contributed by atoms with Crippen LogP contribution in [0.3, 0.4) is 0 Å². The molecule has 0 aromatic heterocycles. The minimum Gasteiger partial charge on any atom is -0.359 e. The fourth-order valence-corrected chi connectivity index (χ4v) is 2.42. The highest BCUT2D eigenvalue weighted by Gasteiger charge is 2.13. The molecular weight excluding hydrogens is 308 g/mol. The van der Waals surface area contributed by atoms with E-state index in [1.807, 2.05) is 0 Å². The smallest absolute Gasteiger partial charge is 0.240 e. The molecule has 94 valence electrons. The van der Waals surface area contributed by atoms with Crippen molar-refractivity contribution in [2.45, 2.75) is 11.3 Å². The van der Waals surface area contributed by atoms with E-state index in [0.717, 1.165) is 4.47 Å². The third-order valence-electron chi connectivity index (χ3n) is 2.05. The van der Waals surface area contributed by atoms with Gasteiger partial charge >= 0.3 is 0 Å². The van der Waals surface area contributed by atoms with Crippen LogP contribution in [0.1, 0.15) is 6.42 Å². The molecule has 0 unspecified atom stereocenters. The first-order chi connectivity index (χ1) is 7.95. The largest absolute Gasteiger partial charge is 0.359 e. The number of rotatable bonds is 5. The van der Waals surface area contributed by atoms with Gasteiger partial charge in [-0.3, -0.25) is 4.79 Å². The standard InChI is InChI=1S/C10H13BrN2O3S/c1-12-10(14)6-7-13-17(15,16)9-4-2-8(11)3-5-9/h2-5,13H,6-7H2,1H3,(H,12,14). The topological polar surface area (TPSA) is 75.3 Å². The molecule has 1 aromatic carbocycles. The van der Waals surface area contributed by atoms with Crippen LogP contribution >= 0.6 is 15.9 Å². The minimum absolute atomic E-state index is 0.0814. The summed E-state index contributed by atoms with van der Waals surface area (Å²) in [6.45, 7) is 0.0814. The van der Waals surface area contributed by atoms with E-state index in [0.29, 0.717) is 0 Å². The average Bonchev–Trinajstić information content (AvgIpc) is 2.29. The average molecular weight is 321 g/mol. The van der Waals surface area contributed by atoms with Crippen molar-refractivity contribution in [1.82, 2.24) is 10.0 Å². The van der Waals surface area contributed by atoms with Crippen molar-refractivity contribution in [3.8, 4) is 0 Å². The first-order valence-corrected chi connectivity index (χ1v) is 7.19. The molecule has 1 amide bonds. The van der Waals surface area contributed by atoms with E-state index >= 15 is 0 Å². The van der Waals surface area contributed by atoms with Crippen LogP contribution in [0.5, 0.6) is 0 Å². The Hall–Kier alpha value is -0.920. The molecule has 0 spiro atoms. The Morgan fingerprint density at radius 2 is 1.88 bits per heavy atom. The maximum atomic E-state index is 11.8. The fourth-order valence-electron chi connectivity index (χ4n) is 1.12. The number of benzene rings is 1. The Labute approximate surface area is 109 Å². The predicted molar refractivity (Wildman–Crippen MR) is 68.0 cm³/mol. The summed E-state index contributed by atoms with van der Waals surface area (Å²) in [7, 11) is -2.03. The van der Waals surface area contributed by atoms with Gasteiger partial charge < -0.3 is 5.32 Å². The van der Waals surface area contributed by atoms with Crippen LogP contribution < -0.4 is 10.0 Å². The highest BCUT2D eigenvalue weighted by atomic mass is 79.9. The van der Waals surface area contributed by atoms with Crippen LogP contribution in [0.2, 0.25) is 0 Å². The van der Waals surface area contributed by atoms with Crippen LogP contribution in [-0.4, -0.2) is 27.9 Å². The lowest BCUT2D eigenvalue weighted by molar-refractivity contribution is -0.120. The normalized spacial score (nSPS) is 11.2. The number of sulfonamides is 1. The first-order valence-electron chi connectivity index (χ1n) is 4.91. The van der Waals surface area contributed by atoms with E-state index in [2.05, 4.69) is 26.0 Å². The van der Waals surface area contributed by atoms with Gasteiger partial charge in [-0.1, -0.05) is 15.9 Å². The molecule has 0 saturated heterocycles. The van der Waals surface area contributed by atoms with Crippen molar-refractivity contribution in [3.05, 3.63) is 28.7 Å². The number of amides is 1. The molecule has 0 radical (unpaired) electrons. The summed E-state index contributed by atoms with van der Waals surface area (Å²) in [4.78, 5) is 11.1. The van der Waals surface area contributed by atoms with Crippen LogP contribution in [0.4, 0.5) is 0 Å². The minimum atomic E-state index is -3.53. The second kappa shape index (κ2) is 6.13. The predicted octanol–water partition coefficient (Wildman–Crippen LogP) is 0.864. The molecule has 0 aliphatic heterocycles. The maximum absolute atomic E-state index is 11.8. The third-order valence-corrected chi connectivity index (χ3v) is 4.05. The maximum Gasteiger partial charge on any atom is 0.240 e. The Kier molecular flexibility index (Phi) is 5.10. The van der Waals surface area contributed by atoms with Gasteiger partial charge in [0.05, 0.1) is 4.90 Å². The molecule has 0 heterocycles. The molecule has 7 heteroatoms. The Morgan fingerprint density at radius 3 is 2.41 bits per heavy atom. The van der Waals surface area contributed by atoms with Crippen LogP contribution in [0, 0.1) is 0 Å². The van der Waals surface area contributed by atoms with Crippen LogP contribution in [0.15, 0.2) is 33.6 Å². The molecule has 0 fully saturated rings. The van der Waals surface area contributed by atoms with Gasteiger partial charge in [0.2, 0.25) is 15.9 Å². The monoisotopic (exact) mass is 320 g/mol. The van der Waals surface area contributed by atoms with E-state index < -0.39 is 10.0 Å². The van der Waals surface area contributed by atoms with Gasteiger partial charge in [0, 0.05) is 24.5 Å². The summed E-state index contributed by atoms with van der Waals surface area (Å²) in [5, 5.41) is 2.42. The quantitative estimate of drug-likeness (QED) is 0.845. The summed E-state index contributed by atoms with van der Waals surface area (Å²) in [5.74, 6) is -0.205. The van der Waals surface area contributed by atoms with Crippen molar-refractivity contribution in [1.29, 1.82) is 0 Å². The first kappa shape index (κ1) is 14.1. The molecule has 0 bridgehead atoms. The van der Waals surface area contributed by atoms with Gasteiger partial charge in [0.25, 0.3) is 0 Å². The van der Waals surface area contributed by atoms with Gasteiger partial charge in [-0.15, -0.1) is 0 Å². The summed E-state index contributed by atoms with van der Waals surface area (Å²) in [6, 6.07) is 6.28. The SMILES string of the molecule is CNC(=O)CCNS(=O)(=O)c1ccc(Br)cc1. The number of carbonyl (C=O) groups excluding carboxylic acids is 1. The molecule has 17 heavy (non-hydrogen) atoms. The Morgan fingerprint density at radius 1 is 1.29 bits per heavy atom. The molecular formula is C10H13BrN2O3S. The number of halogens is 1. The molecule has 5 nitrogen and oxygen atoms in total. The third kappa shape index (κ3) is 4.45. The molecule has 2 N–H and O–H groups in total. The number of carbonyl (C=O) groups is 1. The van der Waals surface area contributed by atoms with E-state index in [1.165, 1.54) is 19.2 Å². The zero-order valence-corrected chi connectivity index (χ0v) is 11.6. The zero-order chi connectivity index (χ0) is 12.9. The molecule has 0 saturated carbocycles. The van der Waals surface area contributed by atoms with Crippen LogP contribution in [-0.2, 0) is 14.8 Å². The van der Waals surface area contributed by atoms with Crippen molar-refractivity contribution < 1.29 is 13.2 Å². The second-order valence-electron chi connectivity index (χ2n) is 3.27. The van der Waals surface area contributed by atoms with Gasteiger partial charge in [0.1, 0.15) is 0 Å². The van der Waals surface area contributed by atoms with E-state index in [-0.39, 0.29) is 23.8 Å². The number of hydrogen-bond acceptors (Lipinski definition) is 3. The molecule has 0 aliphatic rings. The van der Waals surface area contributed by atoms with E-state index in [1.54, 1.807) is 12.1 Å². The lowest BCUT2D eigenvalue weighted by Gasteiger charge is -2.06. The van der Waals surface area contributed by atoms with Gasteiger partial charge in [-0.05, 0) is 24.3 Å². The summed E-state index contributed by atoms with van der Waals surface area (Å²) < 4.78 is 26.7. The number of nitrogens with one attached hydrogen (secondary N) is 2. The van der Waals surface area contributed by atoms with Gasteiger partial charge in [-0.2, -0.15) is 0 Å².